The quantitative estimate of drug-likeness (QED) is 0.815. The van der Waals surface area contributed by atoms with E-state index in [0.29, 0.717) is 18.8 Å². The molecule has 0 saturated carbocycles. The molecule has 22 heavy (non-hydrogen) atoms. The molecule has 1 fully saturated rings. The zero-order valence-electron chi connectivity index (χ0n) is 12.3. The summed E-state index contributed by atoms with van der Waals surface area (Å²) in [6, 6.07) is 3.83. The van der Waals surface area contributed by atoms with Crippen molar-refractivity contribution < 1.29 is 4.79 Å². The van der Waals surface area contributed by atoms with Gasteiger partial charge >= 0.3 is 0 Å². The molecule has 2 N–H and O–H groups in total. The Hall–Kier alpha value is -2.48. The number of rotatable bonds is 5. The number of piperazine rings is 1. The first-order valence-corrected chi connectivity index (χ1v) is 7.35. The first kappa shape index (κ1) is 14.5. The van der Waals surface area contributed by atoms with Crippen LogP contribution in [-0.4, -0.2) is 51.8 Å². The van der Waals surface area contributed by atoms with Crippen LogP contribution in [0.1, 0.15) is 6.42 Å². The lowest BCUT2D eigenvalue weighted by molar-refractivity contribution is -0.116. The molecule has 2 aromatic rings. The first-order chi connectivity index (χ1) is 10.8. The van der Waals surface area contributed by atoms with Crippen LogP contribution in [0.3, 0.4) is 0 Å². The van der Waals surface area contributed by atoms with Gasteiger partial charge in [0.05, 0.1) is 18.4 Å². The Labute approximate surface area is 128 Å². The summed E-state index contributed by atoms with van der Waals surface area (Å²) in [5, 5.41) is 10.1. The zero-order chi connectivity index (χ0) is 15.2. The third-order valence-corrected chi connectivity index (χ3v) is 3.53. The molecule has 0 aromatic carbocycles. The topological polar surface area (TPSA) is 88.0 Å². The third-order valence-electron chi connectivity index (χ3n) is 3.53. The number of nitrogens with one attached hydrogen (secondary N) is 2. The number of pyridine rings is 1. The van der Waals surface area contributed by atoms with Gasteiger partial charge < -0.3 is 15.5 Å². The Morgan fingerprint density at radius 1 is 1.32 bits per heavy atom. The van der Waals surface area contributed by atoms with Crippen LogP contribution in [0, 0.1) is 0 Å². The number of hydrogen-bond donors (Lipinski definition) is 2. The molecule has 1 amide bonds. The molecule has 3 rings (SSSR count). The SMILES string of the molecule is O=C(CCn1cncn1)Nc1ccc(N2CCNCC2)cn1. The molecule has 3 heterocycles. The minimum atomic E-state index is -0.0853. The molecule has 1 aliphatic rings. The number of amides is 1. The molecule has 0 bridgehead atoms. The fraction of sp³-hybridized carbons (Fsp3) is 0.429. The number of hydrogen-bond acceptors (Lipinski definition) is 6. The van der Waals surface area contributed by atoms with Gasteiger partial charge in [-0.15, -0.1) is 0 Å². The van der Waals surface area contributed by atoms with Crippen molar-refractivity contribution in [3.63, 3.8) is 0 Å². The van der Waals surface area contributed by atoms with Gasteiger partial charge in [0.15, 0.2) is 0 Å². The lowest BCUT2D eigenvalue weighted by atomic mass is 10.3. The van der Waals surface area contributed by atoms with E-state index in [1.165, 1.54) is 6.33 Å². The molecule has 116 valence electrons. The monoisotopic (exact) mass is 301 g/mol. The standard InChI is InChI=1S/C14H19N7O/c22-14(3-6-21-11-16-10-18-21)19-13-2-1-12(9-17-13)20-7-4-15-5-8-20/h1-2,9-11,15H,3-8H2,(H,17,19,22). The van der Waals surface area contributed by atoms with E-state index in [-0.39, 0.29) is 5.91 Å². The van der Waals surface area contributed by atoms with Crippen molar-refractivity contribution in [2.45, 2.75) is 13.0 Å². The maximum atomic E-state index is 11.9. The van der Waals surface area contributed by atoms with Gasteiger partial charge in [0.2, 0.25) is 5.91 Å². The number of carbonyl (C=O) groups excluding carboxylic acids is 1. The van der Waals surface area contributed by atoms with Gasteiger partial charge in [-0.1, -0.05) is 0 Å². The van der Waals surface area contributed by atoms with Crippen molar-refractivity contribution in [2.24, 2.45) is 0 Å². The van der Waals surface area contributed by atoms with E-state index in [4.69, 9.17) is 0 Å². The lowest BCUT2D eigenvalue weighted by Gasteiger charge is -2.29. The minimum absolute atomic E-state index is 0.0853. The van der Waals surface area contributed by atoms with Crippen molar-refractivity contribution in [3.05, 3.63) is 31.0 Å². The molecule has 2 aromatic heterocycles. The van der Waals surface area contributed by atoms with Crippen molar-refractivity contribution in [1.82, 2.24) is 25.1 Å². The molecular formula is C14H19N7O. The molecule has 0 radical (unpaired) electrons. The minimum Gasteiger partial charge on any atom is -0.368 e. The Kier molecular flexibility index (Phi) is 4.59. The normalized spacial score (nSPS) is 14.8. The summed E-state index contributed by atoms with van der Waals surface area (Å²) in [5.41, 5.74) is 1.09. The second-order valence-corrected chi connectivity index (χ2v) is 5.10. The van der Waals surface area contributed by atoms with E-state index in [9.17, 15) is 4.79 Å². The van der Waals surface area contributed by atoms with E-state index < -0.39 is 0 Å². The fourth-order valence-electron chi connectivity index (χ4n) is 2.34. The van der Waals surface area contributed by atoms with Gasteiger partial charge in [0.25, 0.3) is 0 Å². The molecular weight excluding hydrogens is 282 g/mol. The van der Waals surface area contributed by atoms with Crippen LogP contribution in [0.4, 0.5) is 11.5 Å². The highest BCUT2D eigenvalue weighted by molar-refractivity contribution is 5.89. The fourth-order valence-corrected chi connectivity index (χ4v) is 2.34. The van der Waals surface area contributed by atoms with E-state index in [2.05, 4.69) is 30.6 Å². The van der Waals surface area contributed by atoms with Crippen molar-refractivity contribution in [3.8, 4) is 0 Å². The van der Waals surface area contributed by atoms with Gasteiger partial charge in [0.1, 0.15) is 18.5 Å². The predicted molar refractivity (Wildman–Crippen MR) is 82.6 cm³/mol. The number of anilines is 2. The zero-order valence-corrected chi connectivity index (χ0v) is 12.3. The Balaban J connectivity index is 1.50. The maximum Gasteiger partial charge on any atom is 0.227 e. The highest BCUT2D eigenvalue weighted by Crippen LogP contribution is 2.15. The van der Waals surface area contributed by atoms with Crippen LogP contribution in [0.2, 0.25) is 0 Å². The second kappa shape index (κ2) is 6.99. The van der Waals surface area contributed by atoms with E-state index in [1.54, 1.807) is 17.2 Å². The van der Waals surface area contributed by atoms with Crippen LogP contribution in [0.25, 0.3) is 0 Å². The van der Waals surface area contributed by atoms with Crippen LogP contribution in [0.15, 0.2) is 31.0 Å². The summed E-state index contributed by atoms with van der Waals surface area (Å²) < 4.78 is 1.63. The van der Waals surface area contributed by atoms with E-state index >= 15 is 0 Å². The van der Waals surface area contributed by atoms with Crippen molar-refractivity contribution >= 4 is 17.4 Å². The molecule has 0 spiro atoms. The van der Waals surface area contributed by atoms with Crippen LogP contribution < -0.4 is 15.5 Å². The highest BCUT2D eigenvalue weighted by Gasteiger charge is 2.11. The summed E-state index contributed by atoms with van der Waals surface area (Å²) in [5.74, 6) is 0.486. The lowest BCUT2D eigenvalue weighted by Crippen LogP contribution is -2.43. The largest absolute Gasteiger partial charge is 0.368 e. The summed E-state index contributed by atoms with van der Waals surface area (Å²) >= 11 is 0. The first-order valence-electron chi connectivity index (χ1n) is 7.35. The van der Waals surface area contributed by atoms with Crippen LogP contribution >= 0.6 is 0 Å². The van der Waals surface area contributed by atoms with E-state index in [0.717, 1.165) is 31.9 Å². The summed E-state index contributed by atoms with van der Waals surface area (Å²) in [6.07, 6.45) is 5.19. The highest BCUT2D eigenvalue weighted by atomic mass is 16.1. The van der Waals surface area contributed by atoms with Gasteiger partial charge in [-0.25, -0.2) is 9.97 Å². The van der Waals surface area contributed by atoms with Gasteiger partial charge in [-0.3, -0.25) is 9.48 Å². The van der Waals surface area contributed by atoms with Gasteiger partial charge in [-0.2, -0.15) is 5.10 Å². The van der Waals surface area contributed by atoms with Crippen LogP contribution in [0.5, 0.6) is 0 Å². The smallest absolute Gasteiger partial charge is 0.227 e. The maximum absolute atomic E-state index is 11.9. The number of aromatic nitrogens is 4. The van der Waals surface area contributed by atoms with Crippen LogP contribution in [-0.2, 0) is 11.3 Å². The Morgan fingerprint density at radius 3 is 2.86 bits per heavy atom. The third kappa shape index (κ3) is 3.79. The summed E-state index contributed by atoms with van der Waals surface area (Å²) in [6.45, 7) is 4.43. The second-order valence-electron chi connectivity index (χ2n) is 5.10. The van der Waals surface area contributed by atoms with Crippen molar-refractivity contribution in [1.29, 1.82) is 0 Å². The molecule has 1 saturated heterocycles. The summed E-state index contributed by atoms with van der Waals surface area (Å²) in [7, 11) is 0. The average Bonchev–Trinajstić information content (AvgIpc) is 3.08. The molecule has 0 aliphatic carbocycles. The summed E-state index contributed by atoms with van der Waals surface area (Å²) in [4.78, 5) is 22.3. The number of carbonyl (C=O) groups is 1. The van der Waals surface area contributed by atoms with Gasteiger partial charge in [0, 0.05) is 32.6 Å². The molecule has 8 heteroatoms. The predicted octanol–water partition coefficient (Wildman–Crippen LogP) is 0.111. The van der Waals surface area contributed by atoms with E-state index in [1.807, 2.05) is 12.1 Å². The Morgan fingerprint density at radius 2 is 2.18 bits per heavy atom. The molecule has 1 aliphatic heterocycles. The average molecular weight is 301 g/mol. The van der Waals surface area contributed by atoms with Crippen molar-refractivity contribution in [2.75, 3.05) is 36.4 Å². The molecule has 0 unspecified atom stereocenters. The number of nitrogens with zero attached hydrogens (tertiary/aromatic N) is 5. The molecule has 8 nitrogen and oxygen atoms in total. The number of aryl methyl sites for hydroxylation is 1. The Bertz CT molecular complexity index is 590. The van der Waals surface area contributed by atoms with Gasteiger partial charge in [-0.05, 0) is 12.1 Å². The molecule has 0 atom stereocenters.